The average molecular weight is 970 g/mol. The highest BCUT2D eigenvalue weighted by atomic mass is 19.4. The van der Waals surface area contributed by atoms with E-state index in [4.69, 9.17) is 33.6 Å². The van der Waals surface area contributed by atoms with Crippen LogP contribution in [0.1, 0.15) is 78.4 Å². The lowest BCUT2D eigenvalue weighted by Gasteiger charge is -2.47. The molecule has 19 heteroatoms. The molecule has 3 heterocycles. The van der Waals surface area contributed by atoms with Gasteiger partial charge in [0.15, 0.2) is 12.4 Å². The van der Waals surface area contributed by atoms with Crippen molar-refractivity contribution >= 4 is 29.4 Å². The molecule has 3 fully saturated rings. The van der Waals surface area contributed by atoms with Crippen molar-refractivity contribution in [2.75, 3.05) is 97.9 Å². The maximum Gasteiger partial charge on any atom is 0.490 e. The summed E-state index contributed by atoms with van der Waals surface area (Å²) in [5.41, 5.74) is 4.08. The van der Waals surface area contributed by atoms with Crippen LogP contribution in [0.3, 0.4) is 0 Å². The monoisotopic (exact) mass is 969 g/mol. The molecule has 4 N–H and O–H groups in total. The van der Waals surface area contributed by atoms with Gasteiger partial charge < -0.3 is 54.3 Å². The molecule has 3 amide bonds. The molecule has 69 heavy (non-hydrogen) atoms. The Morgan fingerprint density at radius 3 is 2.39 bits per heavy atom. The number of anilines is 1. The molecule has 7 rings (SSSR count). The number of alkyl halides is 3. The summed E-state index contributed by atoms with van der Waals surface area (Å²) in [4.78, 5) is 54.2. The van der Waals surface area contributed by atoms with Crippen LogP contribution >= 0.6 is 0 Å². The smallest absolute Gasteiger partial charge is 0.490 e. The third-order valence-electron chi connectivity index (χ3n) is 12.9. The van der Waals surface area contributed by atoms with Crippen LogP contribution < -0.4 is 20.1 Å². The van der Waals surface area contributed by atoms with Crippen molar-refractivity contribution in [3.05, 3.63) is 82.9 Å². The van der Waals surface area contributed by atoms with Crippen LogP contribution in [-0.2, 0) is 48.0 Å². The first-order valence-corrected chi connectivity index (χ1v) is 23.8. The van der Waals surface area contributed by atoms with E-state index in [0.717, 1.165) is 75.9 Å². The maximum atomic E-state index is 13.6. The zero-order chi connectivity index (χ0) is 49.2. The summed E-state index contributed by atoms with van der Waals surface area (Å²) in [7, 11) is 1.64. The Morgan fingerprint density at radius 2 is 1.67 bits per heavy atom. The first-order valence-electron chi connectivity index (χ1n) is 23.8. The summed E-state index contributed by atoms with van der Waals surface area (Å²) in [6, 6.07) is 19.7. The minimum absolute atomic E-state index is 0.00660. The first kappa shape index (κ1) is 52.9. The Morgan fingerprint density at radius 1 is 0.928 bits per heavy atom. The van der Waals surface area contributed by atoms with Crippen LogP contribution in [0.4, 0.5) is 18.9 Å². The van der Waals surface area contributed by atoms with Crippen LogP contribution in [0, 0.1) is 0 Å². The van der Waals surface area contributed by atoms with Gasteiger partial charge in [-0.05, 0) is 92.1 Å². The molecular formula is C50H66F3N5O11. The minimum atomic E-state index is -5.08. The number of morpholine rings is 1. The number of methoxy groups -OCH3 is 1. The summed E-state index contributed by atoms with van der Waals surface area (Å²) in [5, 5.41) is 23.5. The fraction of sp³-hybridized carbons (Fsp3) is 0.560. The fourth-order valence-corrected chi connectivity index (χ4v) is 9.16. The van der Waals surface area contributed by atoms with Crippen LogP contribution in [0.25, 0.3) is 0 Å². The minimum Gasteiger partial charge on any atom is -0.506 e. The molecule has 3 aliphatic heterocycles. The van der Waals surface area contributed by atoms with Crippen molar-refractivity contribution in [2.24, 2.45) is 0 Å². The van der Waals surface area contributed by atoms with Gasteiger partial charge in [0, 0.05) is 58.0 Å². The topological polar surface area (TPSA) is 189 Å². The average Bonchev–Trinajstić information content (AvgIpc) is 3.34. The molecule has 16 nitrogen and oxygen atoms in total. The van der Waals surface area contributed by atoms with Crippen LogP contribution in [0.2, 0.25) is 0 Å². The molecule has 3 aromatic carbocycles. The number of carbonyl (C=O) groups is 4. The van der Waals surface area contributed by atoms with Crippen LogP contribution in [0.15, 0.2) is 60.7 Å². The van der Waals surface area contributed by atoms with Crippen LogP contribution in [0.5, 0.6) is 17.2 Å². The standard InChI is InChI=1S/C48H65N5O9.C2HF3O2/c1-58-30-31-60-41-13-10-39(11-14-41)47(57)52-26-29-62-48(35-52)19-23-51(24-20-48)33-37-7-5-6-36(32-37)17-27-59-28-18-44(56)53(40-8-3-2-4-9-40)25-22-49-21-16-38-12-15-42(54)45-46(38)61-34-43(55)50-45;3-2(4,5)1(6)7/h5-7,10-15,32,40,49,54H,2-4,8-9,16-31,33-35H2,1H3,(H,50,55);(H,6,7). The molecular weight excluding hydrogens is 904 g/mol. The van der Waals surface area contributed by atoms with E-state index in [9.17, 15) is 32.7 Å². The number of aliphatic carboxylic acids is 1. The highest BCUT2D eigenvalue weighted by Gasteiger charge is 2.41. The Kier molecular flexibility index (Phi) is 19.9. The number of nitrogens with one attached hydrogen (secondary N) is 2. The Hall–Kier alpha value is -5.47. The summed E-state index contributed by atoms with van der Waals surface area (Å²) in [6.45, 7) is 8.27. The van der Waals surface area contributed by atoms with Gasteiger partial charge in [-0.25, -0.2) is 4.79 Å². The number of carboxylic acids is 1. The van der Waals surface area contributed by atoms with Crippen molar-refractivity contribution in [1.29, 1.82) is 0 Å². The number of phenols is 1. The zero-order valence-corrected chi connectivity index (χ0v) is 39.4. The zero-order valence-electron chi connectivity index (χ0n) is 39.4. The number of hydrogen-bond donors (Lipinski definition) is 4. The molecule has 1 saturated carbocycles. The van der Waals surface area contributed by atoms with Gasteiger partial charge in [0.2, 0.25) is 5.91 Å². The van der Waals surface area contributed by atoms with Gasteiger partial charge >= 0.3 is 12.1 Å². The Bertz CT molecular complexity index is 2150. The third kappa shape index (κ3) is 16.0. The molecule has 378 valence electrons. The largest absolute Gasteiger partial charge is 0.506 e. The molecule has 0 bridgehead atoms. The SMILES string of the molecule is COCCOc1ccc(C(=O)N2CCOC3(CCN(Cc4cccc(CCOCCC(=O)N(CCNCCc5ccc(O)c6c5OCC(=O)N6)C5CCCCC5)c4)CC3)C2)cc1.O=C(O)C(F)(F)F. The van der Waals surface area contributed by atoms with Crippen molar-refractivity contribution in [2.45, 2.75) is 88.6 Å². The number of carbonyl (C=O) groups excluding carboxylic acids is 3. The maximum absolute atomic E-state index is 13.6. The number of aromatic hydroxyl groups is 1. The predicted molar refractivity (Wildman–Crippen MR) is 250 cm³/mol. The molecule has 1 spiro atoms. The van der Waals surface area contributed by atoms with Gasteiger partial charge in [-0.1, -0.05) is 49.6 Å². The number of piperidine rings is 1. The quantitative estimate of drug-likeness (QED) is 0.0783. The van der Waals surface area contributed by atoms with E-state index < -0.39 is 12.1 Å². The van der Waals surface area contributed by atoms with E-state index in [2.05, 4.69) is 44.7 Å². The second-order valence-electron chi connectivity index (χ2n) is 17.8. The number of ether oxygens (including phenoxy) is 5. The number of halogens is 3. The summed E-state index contributed by atoms with van der Waals surface area (Å²) >= 11 is 0. The normalized spacial score (nSPS) is 17.2. The van der Waals surface area contributed by atoms with Crippen LogP contribution in [-0.4, -0.2) is 159 Å². The van der Waals surface area contributed by atoms with E-state index in [1.165, 1.54) is 17.5 Å². The fourth-order valence-electron chi connectivity index (χ4n) is 9.16. The summed E-state index contributed by atoms with van der Waals surface area (Å²) in [5.74, 6) is -1.62. The number of nitrogens with zero attached hydrogens (tertiary/aromatic N) is 3. The van der Waals surface area contributed by atoms with Crippen molar-refractivity contribution in [3.8, 4) is 17.2 Å². The lowest BCUT2D eigenvalue weighted by atomic mass is 9.89. The molecule has 0 aromatic heterocycles. The molecule has 3 aromatic rings. The van der Waals surface area contributed by atoms with E-state index in [0.29, 0.717) is 95.6 Å². The third-order valence-corrected chi connectivity index (χ3v) is 12.9. The van der Waals surface area contributed by atoms with E-state index in [1.54, 1.807) is 13.2 Å². The van der Waals surface area contributed by atoms with Gasteiger partial charge in [-0.2, -0.15) is 13.2 Å². The number of likely N-dealkylation sites (tertiary alicyclic amines) is 1. The number of carboxylic acid groups (broad SMARTS) is 1. The molecule has 2 saturated heterocycles. The molecule has 0 unspecified atom stereocenters. The number of phenolic OH excluding ortho intramolecular Hbond substituents is 1. The van der Waals surface area contributed by atoms with E-state index in [-0.39, 0.29) is 41.7 Å². The first-order chi connectivity index (χ1) is 33.2. The summed E-state index contributed by atoms with van der Waals surface area (Å²) < 4.78 is 60.5. The highest BCUT2D eigenvalue weighted by molar-refractivity contribution is 5.97. The van der Waals surface area contributed by atoms with Gasteiger partial charge in [-0.3, -0.25) is 19.3 Å². The van der Waals surface area contributed by atoms with Gasteiger partial charge in [-0.15, -0.1) is 0 Å². The highest BCUT2D eigenvalue weighted by Crippen LogP contribution is 2.39. The number of rotatable bonds is 20. The number of amides is 3. The molecule has 0 atom stereocenters. The van der Waals surface area contributed by atoms with Gasteiger partial charge in [0.1, 0.15) is 23.8 Å². The number of hydrogen-bond acceptors (Lipinski definition) is 12. The Labute approximate surface area is 401 Å². The molecule has 1 aliphatic carbocycles. The molecule has 4 aliphatic rings. The van der Waals surface area contributed by atoms with E-state index in [1.807, 2.05) is 35.2 Å². The van der Waals surface area contributed by atoms with Crippen molar-refractivity contribution in [1.82, 2.24) is 20.0 Å². The summed E-state index contributed by atoms with van der Waals surface area (Å²) in [6.07, 6.45) is 4.09. The van der Waals surface area contributed by atoms with Crippen molar-refractivity contribution in [3.63, 3.8) is 0 Å². The lowest BCUT2D eigenvalue weighted by Crippen LogP contribution is -2.57. The molecule has 0 radical (unpaired) electrons. The van der Waals surface area contributed by atoms with Gasteiger partial charge in [0.25, 0.3) is 11.8 Å². The predicted octanol–water partition coefficient (Wildman–Crippen LogP) is 5.83. The number of benzene rings is 3. The van der Waals surface area contributed by atoms with E-state index >= 15 is 0 Å². The Balaban J connectivity index is 0.00000104. The van der Waals surface area contributed by atoms with Gasteiger partial charge in [0.05, 0.1) is 45.0 Å². The second-order valence-corrected chi connectivity index (χ2v) is 17.8. The second kappa shape index (κ2) is 25.9. The lowest BCUT2D eigenvalue weighted by molar-refractivity contribution is -0.192. The number of fused-ring (bicyclic) bond motifs is 1. The van der Waals surface area contributed by atoms with Crippen molar-refractivity contribution < 1.29 is 66.2 Å².